The molecule has 168 valence electrons. The van der Waals surface area contributed by atoms with Crippen LogP contribution in [0.4, 0.5) is 13.2 Å². The monoisotopic (exact) mass is 456 g/mol. The highest BCUT2D eigenvalue weighted by Crippen LogP contribution is 2.33. The molecule has 5 nitrogen and oxygen atoms in total. The first-order valence-electron chi connectivity index (χ1n) is 9.29. The number of esters is 1. The SMILES string of the molecule is C=C(COc1ccc(C(F)(F)F)cc1)CSc1ccc(OCC(=O)OC)c(OCC)c1. The van der Waals surface area contributed by atoms with Gasteiger partial charge in [0.2, 0.25) is 0 Å². The fraction of sp³-hybridized carbons (Fsp3) is 0.318. The molecule has 0 bridgehead atoms. The van der Waals surface area contributed by atoms with E-state index in [9.17, 15) is 18.0 Å². The first-order valence-corrected chi connectivity index (χ1v) is 10.3. The predicted octanol–water partition coefficient (Wildman–Crippen LogP) is 5.38. The number of hydrogen-bond acceptors (Lipinski definition) is 6. The van der Waals surface area contributed by atoms with Crippen molar-refractivity contribution in [1.82, 2.24) is 0 Å². The van der Waals surface area contributed by atoms with Crippen LogP contribution in [-0.4, -0.2) is 38.7 Å². The molecule has 2 aromatic carbocycles. The number of ether oxygens (including phenoxy) is 4. The van der Waals surface area contributed by atoms with Crippen LogP contribution in [-0.2, 0) is 15.7 Å². The Morgan fingerprint density at radius 1 is 1.00 bits per heavy atom. The van der Waals surface area contributed by atoms with E-state index in [2.05, 4.69) is 11.3 Å². The molecule has 0 N–H and O–H groups in total. The molecule has 0 aliphatic heterocycles. The zero-order chi connectivity index (χ0) is 22.9. The molecule has 0 spiro atoms. The number of rotatable bonds is 11. The predicted molar refractivity (Wildman–Crippen MR) is 112 cm³/mol. The molecule has 0 aliphatic carbocycles. The van der Waals surface area contributed by atoms with Crippen LogP contribution < -0.4 is 14.2 Å². The van der Waals surface area contributed by atoms with Crippen molar-refractivity contribution >= 4 is 17.7 Å². The third-order valence-corrected chi connectivity index (χ3v) is 5.00. The number of benzene rings is 2. The minimum Gasteiger partial charge on any atom is -0.490 e. The van der Waals surface area contributed by atoms with Gasteiger partial charge in [-0.3, -0.25) is 0 Å². The van der Waals surface area contributed by atoms with Gasteiger partial charge in [-0.15, -0.1) is 11.8 Å². The lowest BCUT2D eigenvalue weighted by atomic mass is 10.2. The molecule has 2 aromatic rings. The number of thioether (sulfide) groups is 1. The van der Waals surface area contributed by atoms with Gasteiger partial charge in [0.1, 0.15) is 12.4 Å². The molecule has 0 heterocycles. The van der Waals surface area contributed by atoms with Crippen molar-refractivity contribution < 1.29 is 36.9 Å². The Morgan fingerprint density at radius 2 is 1.71 bits per heavy atom. The van der Waals surface area contributed by atoms with Gasteiger partial charge in [-0.1, -0.05) is 6.58 Å². The van der Waals surface area contributed by atoms with Gasteiger partial charge in [-0.25, -0.2) is 4.79 Å². The second-order valence-corrected chi connectivity index (χ2v) is 7.30. The Labute approximate surface area is 183 Å². The van der Waals surface area contributed by atoms with E-state index in [0.29, 0.717) is 29.6 Å². The zero-order valence-electron chi connectivity index (χ0n) is 17.2. The van der Waals surface area contributed by atoms with Gasteiger partial charge in [-0.05, 0) is 55.0 Å². The van der Waals surface area contributed by atoms with E-state index in [1.807, 2.05) is 13.0 Å². The number of halogens is 3. The minimum absolute atomic E-state index is 0.178. The van der Waals surface area contributed by atoms with Gasteiger partial charge in [0.15, 0.2) is 18.1 Å². The van der Waals surface area contributed by atoms with Crippen LogP contribution in [0.25, 0.3) is 0 Å². The van der Waals surface area contributed by atoms with E-state index in [-0.39, 0.29) is 13.2 Å². The summed E-state index contributed by atoms with van der Waals surface area (Å²) in [5.41, 5.74) is 0.0345. The lowest BCUT2D eigenvalue weighted by Crippen LogP contribution is -2.13. The van der Waals surface area contributed by atoms with Crippen LogP contribution >= 0.6 is 11.8 Å². The van der Waals surface area contributed by atoms with Crippen LogP contribution in [0.15, 0.2) is 59.5 Å². The molecular formula is C22H23F3O5S. The van der Waals surface area contributed by atoms with Crippen molar-refractivity contribution in [2.45, 2.75) is 18.0 Å². The molecule has 0 saturated carbocycles. The van der Waals surface area contributed by atoms with Crippen LogP contribution in [0.1, 0.15) is 12.5 Å². The average Bonchev–Trinajstić information content (AvgIpc) is 2.75. The summed E-state index contributed by atoms with van der Waals surface area (Å²) in [6.07, 6.45) is -4.38. The maximum Gasteiger partial charge on any atom is 0.416 e. The zero-order valence-corrected chi connectivity index (χ0v) is 18.0. The van der Waals surface area contributed by atoms with Gasteiger partial charge >= 0.3 is 12.1 Å². The Bertz CT molecular complexity index is 882. The molecule has 0 atom stereocenters. The lowest BCUT2D eigenvalue weighted by molar-refractivity contribution is -0.143. The van der Waals surface area contributed by atoms with Crippen molar-refractivity contribution in [3.8, 4) is 17.2 Å². The first kappa shape index (κ1) is 24.5. The smallest absolute Gasteiger partial charge is 0.416 e. The topological polar surface area (TPSA) is 54.0 Å². The van der Waals surface area contributed by atoms with Gasteiger partial charge in [0, 0.05) is 10.6 Å². The van der Waals surface area contributed by atoms with Crippen LogP contribution in [0.2, 0.25) is 0 Å². The first-order chi connectivity index (χ1) is 14.7. The Balaban J connectivity index is 1.87. The standard InChI is InChI=1S/C22H23F3O5S/c1-4-28-20-11-18(9-10-19(20)30-13-21(26)27-3)31-14-15(2)12-29-17-7-5-16(6-8-17)22(23,24)25/h5-11H,2,4,12-14H2,1,3H3. The Kier molecular flexibility index (Phi) is 9.11. The molecular weight excluding hydrogens is 433 g/mol. The molecule has 0 aliphatic rings. The van der Waals surface area contributed by atoms with Crippen LogP contribution in [0.5, 0.6) is 17.2 Å². The lowest BCUT2D eigenvalue weighted by Gasteiger charge is -2.13. The molecule has 2 rings (SSSR count). The van der Waals surface area contributed by atoms with Crippen molar-refractivity contribution in [1.29, 1.82) is 0 Å². The van der Waals surface area contributed by atoms with Gasteiger partial charge in [0.25, 0.3) is 0 Å². The summed E-state index contributed by atoms with van der Waals surface area (Å²) >= 11 is 1.49. The second-order valence-electron chi connectivity index (χ2n) is 6.26. The molecule has 31 heavy (non-hydrogen) atoms. The number of carbonyl (C=O) groups is 1. The molecule has 0 radical (unpaired) electrons. The average molecular weight is 456 g/mol. The maximum absolute atomic E-state index is 12.6. The van der Waals surface area contributed by atoms with E-state index in [1.165, 1.54) is 31.0 Å². The molecule has 9 heteroatoms. The normalized spacial score (nSPS) is 11.0. The van der Waals surface area contributed by atoms with Gasteiger partial charge in [0.05, 0.1) is 19.3 Å². The Morgan fingerprint density at radius 3 is 2.32 bits per heavy atom. The number of alkyl halides is 3. The Hall–Kier alpha value is -2.81. The maximum atomic E-state index is 12.6. The summed E-state index contributed by atoms with van der Waals surface area (Å²) in [6, 6.07) is 9.85. The van der Waals surface area contributed by atoms with Gasteiger partial charge < -0.3 is 18.9 Å². The molecule has 0 amide bonds. The number of methoxy groups -OCH3 is 1. The van der Waals surface area contributed by atoms with Crippen molar-refractivity contribution in [2.75, 3.05) is 32.7 Å². The molecule has 0 aromatic heterocycles. The molecule has 0 fully saturated rings. The summed E-state index contributed by atoms with van der Waals surface area (Å²) in [5.74, 6) is 1.31. The fourth-order valence-corrected chi connectivity index (χ4v) is 3.12. The summed E-state index contributed by atoms with van der Waals surface area (Å²) in [6.45, 7) is 6.16. The summed E-state index contributed by atoms with van der Waals surface area (Å²) in [7, 11) is 1.28. The van der Waals surface area contributed by atoms with Crippen LogP contribution in [0, 0.1) is 0 Å². The van der Waals surface area contributed by atoms with Crippen LogP contribution in [0.3, 0.4) is 0 Å². The van der Waals surface area contributed by atoms with Gasteiger partial charge in [-0.2, -0.15) is 13.2 Å². The van der Waals surface area contributed by atoms with E-state index >= 15 is 0 Å². The van der Waals surface area contributed by atoms with E-state index in [0.717, 1.165) is 22.6 Å². The van der Waals surface area contributed by atoms with E-state index < -0.39 is 17.7 Å². The number of carbonyl (C=O) groups excluding carboxylic acids is 1. The number of hydrogen-bond donors (Lipinski definition) is 0. The highest BCUT2D eigenvalue weighted by atomic mass is 32.2. The largest absolute Gasteiger partial charge is 0.490 e. The molecule has 0 saturated heterocycles. The van der Waals surface area contributed by atoms with E-state index in [1.54, 1.807) is 12.1 Å². The molecule has 0 unspecified atom stereocenters. The fourth-order valence-electron chi connectivity index (χ4n) is 2.31. The third kappa shape index (κ3) is 8.09. The highest BCUT2D eigenvalue weighted by molar-refractivity contribution is 7.99. The summed E-state index contributed by atoms with van der Waals surface area (Å²) in [4.78, 5) is 12.2. The quantitative estimate of drug-likeness (QED) is 0.257. The second kappa shape index (κ2) is 11.5. The van der Waals surface area contributed by atoms with Crippen molar-refractivity contribution in [3.05, 3.63) is 60.2 Å². The van der Waals surface area contributed by atoms with Crippen molar-refractivity contribution in [2.24, 2.45) is 0 Å². The minimum atomic E-state index is -4.38. The van der Waals surface area contributed by atoms with Crippen molar-refractivity contribution in [3.63, 3.8) is 0 Å². The third-order valence-electron chi connectivity index (χ3n) is 3.86. The highest BCUT2D eigenvalue weighted by Gasteiger charge is 2.30. The summed E-state index contributed by atoms with van der Waals surface area (Å²) in [5, 5.41) is 0. The van der Waals surface area contributed by atoms with E-state index in [4.69, 9.17) is 14.2 Å². The summed E-state index contributed by atoms with van der Waals surface area (Å²) < 4.78 is 58.8.